The second-order valence-corrected chi connectivity index (χ2v) is 2.88. The van der Waals surface area contributed by atoms with E-state index in [-0.39, 0.29) is 12.3 Å². The summed E-state index contributed by atoms with van der Waals surface area (Å²) < 4.78 is 0. The largest absolute Gasteiger partial charge is 0.480 e. The summed E-state index contributed by atoms with van der Waals surface area (Å²) in [6, 6.07) is -1.06. The van der Waals surface area contributed by atoms with Gasteiger partial charge in [0.05, 0.1) is 6.42 Å². The Labute approximate surface area is 70.1 Å². The zero-order chi connectivity index (χ0) is 9.14. The van der Waals surface area contributed by atoms with Gasteiger partial charge in [0.2, 0.25) is 5.91 Å². The normalized spacial score (nSPS) is 18.2. The first kappa shape index (κ1) is 8.99. The molecule has 0 aromatic rings. The first-order valence-electron chi connectivity index (χ1n) is 3.87. The van der Waals surface area contributed by atoms with Gasteiger partial charge in [-0.1, -0.05) is 0 Å². The molecule has 0 radical (unpaired) electrons. The van der Waals surface area contributed by atoms with Crippen molar-refractivity contribution >= 4 is 11.9 Å². The maximum atomic E-state index is 11.1. The van der Waals surface area contributed by atoms with Gasteiger partial charge in [-0.15, -0.1) is 0 Å². The molecule has 0 aromatic carbocycles. The minimum atomic E-state index is -1.12. The number of likely N-dealkylation sites (tertiary alicyclic amines) is 1. The van der Waals surface area contributed by atoms with Gasteiger partial charge in [-0.05, 0) is 6.42 Å². The van der Waals surface area contributed by atoms with Crippen molar-refractivity contribution in [1.29, 1.82) is 0 Å². The van der Waals surface area contributed by atoms with Crippen LogP contribution in [0.1, 0.15) is 12.8 Å². The highest BCUT2D eigenvalue weighted by molar-refractivity contribution is 5.84. The second-order valence-electron chi connectivity index (χ2n) is 2.88. The zero-order valence-electron chi connectivity index (χ0n) is 6.69. The van der Waals surface area contributed by atoms with E-state index in [2.05, 4.69) is 0 Å². The molecule has 1 aliphatic rings. The number of carboxylic acids is 1. The Balaban J connectivity index is 2.29. The molecule has 1 fully saturated rings. The van der Waals surface area contributed by atoms with Crippen molar-refractivity contribution in [3.05, 3.63) is 0 Å². The number of carbonyl (C=O) groups excluding carboxylic acids is 1. The highest BCUT2D eigenvalue weighted by atomic mass is 16.4. The van der Waals surface area contributed by atoms with Gasteiger partial charge < -0.3 is 15.7 Å². The van der Waals surface area contributed by atoms with Crippen molar-refractivity contribution in [3.8, 4) is 0 Å². The number of aliphatic carboxylic acids is 1. The van der Waals surface area contributed by atoms with Gasteiger partial charge in [0, 0.05) is 13.1 Å². The summed E-state index contributed by atoms with van der Waals surface area (Å²) in [6.07, 6.45) is 0.920. The number of hydrogen-bond acceptors (Lipinski definition) is 3. The van der Waals surface area contributed by atoms with Gasteiger partial charge in [-0.3, -0.25) is 9.59 Å². The van der Waals surface area contributed by atoms with E-state index in [1.54, 1.807) is 4.90 Å². The van der Waals surface area contributed by atoms with Crippen LogP contribution in [0.4, 0.5) is 0 Å². The molecular weight excluding hydrogens is 160 g/mol. The van der Waals surface area contributed by atoms with E-state index >= 15 is 0 Å². The summed E-state index contributed by atoms with van der Waals surface area (Å²) in [7, 11) is 0. The lowest BCUT2D eigenvalue weighted by Crippen LogP contribution is -2.45. The van der Waals surface area contributed by atoms with Crippen molar-refractivity contribution in [1.82, 2.24) is 4.90 Å². The van der Waals surface area contributed by atoms with E-state index in [1.165, 1.54) is 0 Å². The second kappa shape index (κ2) is 3.53. The average Bonchev–Trinajstić information content (AvgIpc) is 1.82. The summed E-state index contributed by atoms with van der Waals surface area (Å²) in [4.78, 5) is 23.0. The van der Waals surface area contributed by atoms with Gasteiger partial charge >= 0.3 is 5.97 Å². The van der Waals surface area contributed by atoms with Crippen molar-refractivity contribution in [3.63, 3.8) is 0 Å². The molecule has 1 rings (SSSR count). The molecule has 0 bridgehead atoms. The van der Waals surface area contributed by atoms with Crippen LogP contribution in [0.3, 0.4) is 0 Å². The Kier molecular flexibility index (Phi) is 2.65. The monoisotopic (exact) mass is 172 g/mol. The fourth-order valence-electron chi connectivity index (χ4n) is 0.970. The smallest absolute Gasteiger partial charge is 0.321 e. The Bertz CT molecular complexity index is 201. The average molecular weight is 172 g/mol. The molecule has 0 aromatic heterocycles. The maximum absolute atomic E-state index is 11.1. The molecule has 12 heavy (non-hydrogen) atoms. The number of hydrogen-bond donors (Lipinski definition) is 2. The first-order chi connectivity index (χ1) is 5.61. The van der Waals surface area contributed by atoms with E-state index < -0.39 is 12.0 Å². The predicted octanol–water partition coefficient (Wildman–Crippen LogP) is -0.979. The van der Waals surface area contributed by atoms with Crippen LogP contribution in [0, 0.1) is 0 Å². The summed E-state index contributed by atoms with van der Waals surface area (Å²) in [5, 5.41) is 8.41. The predicted molar refractivity (Wildman–Crippen MR) is 41.4 cm³/mol. The molecule has 5 nitrogen and oxygen atoms in total. The van der Waals surface area contributed by atoms with Crippen molar-refractivity contribution in [2.75, 3.05) is 13.1 Å². The van der Waals surface area contributed by atoms with Crippen LogP contribution < -0.4 is 5.73 Å². The minimum Gasteiger partial charge on any atom is -0.480 e. The fourth-order valence-corrected chi connectivity index (χ4v) is 0.970. The minimum absolute atomic E-state index is 0.0880. The Morgan fingerprint density at radius 3 is 2.42 bits per heavy atom. The highest BCUT2D eigenvalue weighted by Gasteiger charge is 2.24. The molecule has 1 saturated heterocycles. The lowest BCUT2D eigenvalue weighted by atomic mass is 10.1. The quantitative estimate of drug-likeness (QED) is 0.573. The van der Waals surface area contributed by atoms with Crippen LogP contribution in [-0.2, 0) is 9.59 Å². The third-order valence-electron chi connectivity index (χ3n) is 1.92. The zero-order valence-corrected chi connectivity index (χ0v) is 6.69. The van der Waals surface area contributed by atoms with Crippen LogP contribution in [0.25, 0.3) is 0 Å². The molecule has 5 heteroatoms. The van der Waals surface area contributed by atoms with Gasteiger partial charge in [0.1, 0.15) is 6.04 Å². The van der Waals surface area contributed by atoms with Crippen molar-refractivity contribution in [2.45, 2.75) is 18.9 Å². The third-order valence-corrected chi connectivity index (χ3v) is 1.92. The van der Waals surface area contributed by atoms with E-state index in [1.807, 2.05) is 0 Å². The third kappa shape index (κ3) is 1.94. The summed E-state index contributed by atoms with van der Waals surface area (Å²) in [6.45, 7) is 1.48. The lowest BCUT2D eigenvalue weighted by Gasteiger charge is -2.31. The van der Waals surface area contributed by atoms with Crippen LogP contribution in [0.5, 0.6) is 0 Å². The van der Waals surface area contributed by atoms with Crippen molar-refractivity contribution < 1.29 is 14.7 Å². The Morgan fingerprint density at radius 1 is 1.50 bits per heavy atom. The van der Waals surface area contributed by atoms with E-state index in [9.17, 15) is 9.59 Å². The fraction of sp³-hybridized carbons (Fsp3) is 0.714. The molecule has 1 atom stereocenters. The number of nitrogens with two attached hydrogens (primary N) is 1. The number of nitrogens with zero attached hydrogens (tertiary/aromatic N) is 1. The van der Waals surface area contributed by atoms with Gasteiger partial charge in [0.15, 0.2) is 0 Å². The number of amides is 1. The molecule has 0 saturated carbocycles. The van der Waals surface area contributed by atoms with Crippen LogP contribution in [0.2, 0.25) is 0 Å². The number of carboxylic acid groups (broad SMARTS) is 1. The van der Waals surface area contributed by atoms with Crippen LogP contribution in [-0.4, -0.2) is 41.0 Å². The Morgan fingerprint density at radius 2 is 2.08 bits per heavy atom. The summed E-state index contributed by atoms with van der Waals surface area (Å²) in [5.74, 6) is -1.28. The first-order valence-corrected chi connectivity index (χ1v) is 3.87. The van der Waals surface area contributed by atoms with Gasteiger partial charge in [-0.2, -0.15) is 0 Å². The summed E-state index contributed by atoms with van der Waals surface area (Å²) >= 11 is 0. The van der Waals surface area contributed by atoms with Crippen LogP contribution >= 0.6 is 0 Å². The highest BCUT2D eigenvalue weighted by Crippen LogP contribution is 2.08. The molecular formula is C7H12N2O3. The van der Waals surface area contributed by atoms with E-state index in [4.69, 9.17) is 10.8 Å². The molecule has 1 aliphatic heterocycles. The SMILES string of the molecule is N[C@@H](CC(=O)N1CCC1)C(=O)O. The van der Waals surface area contributed by atoms with E-state index in [0.717, 1.165) is 19.5 Å². The lowest BCUT2D eigenvalue weighted by molar-refractivity contribution is -0.143. The molecule has 68 valence electrons. The van der Waals surface area contributed by atoms with E-state index in [0.29, 0.717) is 0 Å². The molecule has 0 spiro atoms. The maximum Gasteiger partial charge on any atom is 0.321 e. The van der Waals surface area contributed by atoms with Crippen molar-refractivity contribution in [2.24, 2.45) is 5.73 Å². The number of carbonyl (C=O) groups is 2. The van der Waals surface area contributed by atoms with Gasteiger partial charge in [0.25, 0.3) is 0 Å². The molecule has 1 heterocycles. The molecule has 0 unspecified atom stereocenters. The molecule has 3 N–H and O–H groups in total. The summed E-state index contributed by atoms with van der Waals surface area (Å²) in [5.41, 5.74) is 5.19. The molecule has 1 amide bonds. The topological polar surface area (TPSA) is 83.6 Å². The Hall–Kier alpha value is -1.10. The molecule has 0 aliphatic carbocycles. The van der Waals surface area contributed by atoms with Gasteiger partial charge in [-0.25, -0.2) is 0 Å². The standard InChI is InChI=1S/C7H12N2O3/c8-5(7(11)12)4-6(10)9-2-1-3-9/h5H,1-4,8H2,(H,11,12)/t5-/m0/s1. The number of rotatable bonds is 3. The van der Waals surface area contributed by atoms with Crippen LogP contribution in [0.15, 0.2) is 0 Å².